The minimum atomic E-state index is 0.659. The number of nitrogens with one attached hydrogen (secondary N) is 1. The van der Waals surface area contributed by atoms with E-state index in [-0.39, 0.29) is 0 Å². The van der Waals surface area contributed by atoms with Crippen molar-refractivity contribution in [3.05, 3.63) is 36.0 Å². The van der Waals surface area contributed by atoms with Gasteiger partial charge in [0, 0.05) is 18.2 Å². The van der Waals surface area contributed by atoms with E-state index in [0.717, 1.165) is 35.0 Å². The van der Waals surface area contributed by atoms with Gasteiger partial charge in [0.05, 0.1) is 25.1 Å². The van der Waals surface area contributed by atoms with Gasteiger partial charge in [0.25, 0.3) is 0 Å². The smallest absolute Gasteiger partial charge is 0.163 e. The molecule has 0 spiro atoms. The number of anilines is 3. The highest BCUT2D eigenvalue weighted by atomic mass is 16.5. The van der Waals surface area contributed by atoms with Crippen molar-refractivity contribution in [2.24, 2.45) is 0 Å². The number of aryl methyl sites for hydroxylation is 1. The molecule has 5 heteroatoms. The number of aromatic nitrogens is 1. The van der Waals surface area contributed by atoms with Crippen LogP contribution < -0.4 is 20.5 Å². The number of pyridine rings is 1. The Hall–Kier alpha value is -2.43. The topological polar surface area (TPSA) is 69.4 Å². The van der Waals surface area contributed by atoms with Gasteiger partial charge >= 0.3 is 0 Å². The average molecular weight is 271 g/mol. The summed E-state index contributed by atoms with van der Waals surface area (Å²) in [5.41, 5.74) is 8.27. The van der Waals surface area contributed by atoms with Crippen LogP contribution in [0.2, 0.25) is 0 Å². The van der Waals surface area contributed by atoms with Crippen LogP contribution >= 0.6 is 0 Å². The molecule has 1 aromatic heterocycles. The van der Waals surface area contributed by atoms with Gasteiger partial charge in [-0.25, -0.2) is 4.98 Å². The zero-order valence-electron chi connectivity index (χ0n) is 11.3. The molecule has 104 valence electrons. The Kier molecular flexibility index (Phi) is 3.33. The lowest BCUT2D eigenvalue weighted by Crippen LogP contribution is -1.99. The number of fused-ring (bicyclic) bond motifs is 1. The highest BCUT2D eigenvalue weighted by molar-refractivity contribution is 5.64. The first kappa shape index (κ1) is 12.6. The molecule has 1 aliphatic rings. The number of rotatable bonds is 2. The number of nitrogens with zero attached hydrogens (tertiary/aromatic N) is 1. The second-order valence-electron chi connectivity index (χ2n) is 4.77. The van der Waals surface area contributed by atoms with Crippen LogP contribution in [0.15, 0.2) is 30.5 Å². The van der Waals surface area contributed by atoms with Crippen molar-refractivity contribution in [2.45, 2.75) is 13.3 Å². The molecule has 0 amide bonds. The van der Waals surface area contributed by atoms with Gasteiger partial charge in [-0.05, 0) is 30.7 Å². The summed E-state index contributed by atoms with van der Waals surface area (Å²) in [5.74, 6) is 2.34. The Morgan fingerprint density at radius 3 is 2.75 bits per heavy atom. The maximum absolute atomic E-state index is 5.70. The third kappa shape index (κ3) is 2.61. The molecule has 1 aromatic carbocycles. The second-order valence-corrected chi connectivity index (χ2v) is 4.77. The van der Waals surface area contributed by atoms with Crippen molar-refractivity contribution in [3.8, 4) is 11.5 Å². The van der Waals surface area contributed by atoms with Gasteiger partial charge < -0.3 is 20.5 Å². The molecular formula is C15H17N3O2. The second kappa shape index (κ2) is 5.28. The predicted molar refractivity (Wildman–Crippen MR) is 78.7 cm³/mol. The molecule has 0 radical (unpaired) electrons. The van der Waals surface area contributed by atoms with Crippen LogP contribution in [0.5, 0.6) is 11.5 Å². The average Bonchev–Trinajstić information content (AvgIpc) is 2.66. The summed E-state index contributed by atoms with van der Waals surface area (Å²) >= 11 is 0. The standard InChI is InChI=1S/C15H17N3O2/c1-10-7-11(16)9-17-15(10)18-12-3-4-13-14(8-12)20-6-2-5-19-13/h3-4,7-9H,2,5-6,16H2,1H3,(H,17,18). The summed E-state index contributed by atoms with van der Waals surface area (Å²) in [6, 6.07) is 7.68. The molecule has 2 heterocycles. The number of hydrogen-bond donors (Lipinski definition) is 2. The number of nitrogens with two attached hydrogens (primary N) is 1. The van der Waals surface area contributed by atoms with Crippen LogP contribution in [0.4, 0.5) is 17.2 Å². The fourth-order valence-corrected chi connectivity index (χ4v) is 2.11. The van der Waals surface area contributed by atoms with Crippen LogP contribution in [0.1, 0.15) is 12.0 Å². The Bertz CT molecular complexity index is 629. The van der Waals surface area contributed by atoms with Gasteiger partial charge in [0.2, 0.25) is 0 Å². The van der Waals surface area contributed by atoms with Crippen molar-refractivity contribution in [1.29, 1.82) is 0 Å². The van der Waals surface area contributed by atoms with E-state index in [1.54, 1.807) is 6.20 Å². The highest BCUT2D eigenvalue weighted by Gasteiger charge is 2.11. The van der Waals surface area contributed by atoms with E-state index in [1.165, 1.54) is 0 Å². The minimum Gasteiger partial charge on any atom is -0.490 e. The SMILES string of the molecule is Cc1cc(N)cnc1Nc1ccc2c(c1)OCCCO2. The summed E-state index contributed by atoms with van der Waals surface area (Å²) in [6.45, 7) is 3.34. The van der Waals surface area contributed by atoms with Crippen LogP contribution in [0.3, 0.4) is 0 Å². The Labute approximate surface area is 117 Å². The molecule has 20 heavy (non-hydrogen) atoms. The Morgan fingerprint density at radius 2 is 1.95 bits per heavy atom. The van der Waals surface area contributed by atoms with Gasteiger partial charge in [-0.3, -0.25) is 0 Å². The molecule has 5 nitrogen and oxygen atoms in total. The Balaban J connectivity index is 1.86. The zero-order valence-corrected chi connectivity index (χ0v) is 11.3. The van der Waals surface area contributed by atoms with Crippen molar-refractivity contribution in [2.75, 3.05) is 24.3 Å². The van der Waals surface area contributed by atoms with Crippen LogP contribution in [0, 0.1) is 6.92 Å². The molecule has 0 fully saturated rings. The number of ether oxygens (including phenoxy) is 2. The van der Waals surface area contributed by atoms with E-state index in [2.05, 4.69) is 10.3 Å². The summed E-state index contributed by atoms with van der Waals surface area (Å²) in [5, 5.41) is 3.27. The van der Waals surface area contributed by atoms with Crippen molar-refractivity contribution >= 4 is 17.2 Å². The van der Waals surface area contributed by atoms with Gasteiger partial charge in [-0.2, -0.15) is 0 Å². The molecule has 0 saturated carbocycles. The van der Waals surface area contributed by atoms with Crippen LogP contribution in [0.25, 0.3) is 0 Å². The number of hydrogen-bond acceptors (Lipinski definition) is 5. The molecule has 1 aliphatic heterocycles. The Morgan fingerprint density at radius 1 is 1.15 bits per heavy atom. The van der Waals surface area contributed by atoms with Crippen molar-refractivity contribution in [3.63, 3.8) is 0 Å². The molecule has 2 aromatic rings. The lowest BCUT2D eigenvalue weighted by molar-refractivity contribution is 0.297. The molecule has 0 bridgehead atoms. The monoisotopic (exact) mass is 271 g/mol. The largest absolute Gasteiger partial charge is 0.490 e. The van der Waals surface area contributed by atoms with Crippen LogP contribution in [-0.2, 0) is 0 Å². The number of benzene rings is 1. The van der Waals surface area contributed by atoms with Crippen molar-refractivity contribution in [1.82, 2.24) is 4.98 Å². The normalized spacial score (nSPS) is 13.7. The molecule has 3 rings (SSSR count). The zero-order chi connectivity index (χ0) is 13.9. The first-order valence-electron chi connectivity index (χ1n) is 6.61. The fourth-order valence-electron chi connectivity index (χ4n) is 2.11. The van der Waals surface area contributed by atoms with E-state index in [9.17, 15) is 0 Å². The molecule has 0 unspecified atom stereocenters. The summed E-state index contributed by atoms with van der Waals surface area (Å²) < 4.78 is 11.3. The van der Waals surface area contributed by atoms with Crippen molar-refractivity contribution < 1.29 is 9.47 Å². The summed E-state index contributed by atoms with van der Waals surface area (Å²) in [7, 11) is 0. The van der Waals surface area contributed by atoms with Gasteiger partial charge in [0.15, 0.2) is 11.5 Å². The van der Waals surface area contributed by atoms with E-state index < -0.39 is 0 Å². The maximum Gasteiger partial charge on any atom is 0.163 e. The van der Waals surface area contributed by atoms with E-state index in [1.807, 2.05) is 31.2 Å². The number of nitrogen functional groups attached to an aromatic ring is 1. The van der Waals surface area contributed by atoms with Gasteiger partial charge in [-0.1, -0.05) is 0 Å². The fraction of sp³-hybridized carbons (Fsp3) is 0.267. The first-order chi connectivity index (χ1) is 9.72. The highest BCUT2D eigenvalue weighted by Crippen LogP contribution is 2.33. The van der Waals surface area contributed by atoms with E-state index >= 15 is 0 Å². The quantitative estimate of drug-likeness (QED) is 0.879. The van der Waals surface area contributed by atoms with E-state index in [4.69, 9.17) is 15.2 Å². The lowest BCUT2D eigenvalue weighted by atomic mass is 10.2. The lowest BCUT2D eigenvalue weighted by Gasteiger charge is -2.12. The molecule has 3 N–H and O–H groups in total. The maximum atomic E-state index is 5.70. The minimum absolute atomic E-state index is 0.659. The first-order valence-corrected chi connectivity index (χ1v) is 6.61. The van der Waals surface area contributed by atoms with Gasteiger partial charge in [-0.15, -0.1) is 0 Å². The molecular weight excluding hydrogens is 254 g/mol. The molecule has 0 saturated heterocycles. The third-order valence-electron chi connectivity index (χ3n) is 3.11. The summed E-state index contributed by atoms with van der Waals surface area (Å²) in [6.07, 6.45) is 2.54. The summed E-state index contributed by atoms with van der Waals surface area (Å²) in [4.78, 5) is 4.30. The van der Waals surface area contributed by atoms with E-state index in [0.29, 0.717) is 18.9 Å². The predicted octanol–water partition coefficient (Wildman–Crippen LogP) is 2.88. The molecule has 0 aliphatic carbocycles. The molecule has 0 atom stereocenters. The van der Waals surface area contributed by atoms with Gasteiger partial charge in [0.1, 0.15) is 5.82 Å². The third-order valence-corrected chi connectivity index (χ3v) is 3.11. The van der Waals surface area contributed by atoms with Crippen LogP contribution in [-0.4, -0.2) is 18.2 Å².